The molecule has 3 rings (SSSR count). The van der Waals surface area contributed by atoms with Crippen LogP contribution in [0.25, 0.3) is 0 Å². The highest BCUT2D eigenvalue weighted by Gasteiger charge is 2.29. The van der Waals surface area contributed by atoms with Crippen molar-refractivity contribution in [3.05, 3.63) is 35.9 Å². The summed E-state index contributed by atoms with van der Waals surface area (Å²) in [5.74, 6) is 0.415. The van der Waals surface area contributed by atoms with Crippen molar-refractivity contribution in [2.45, 2.75) is 18.0 Å². The molecule has 0 aliphatic carbocycles. The zero-order chi connectivity index (χ0) is 18.7. The quantitative estimate of drug-likeness (QED) is 0.744. The number of hydrogen-bond acceptors (Lipinski definition) is 6. The molecule has 0 saturated carbocycles. The Bertz CT molecular complexity index is 914. The van der Waals surface area contributed by atoms with Crippen molar-refractivity contribution in [2.75, 3.05) is 22.6 Å². The molecular weight excluding hydrogens is 379 g/mol. The average molecular weight is 398 g/mol. The minimum Gasteiger partial charge on any atom is -0.323 e. The van der Waals surface area contributed by atoms with E-state index in [4.69, 9.17) is 0 Å². The van der Waals surface area contributed by atoms with E-state index in [1.165, 1.54) is 23.9 Å². The molecule has 1 aliphatic rings. The molecule has 7 nitrogen and oxygen atoms in total. The Balaban J connectivity index is 1.55. The van der Waals surface area contributed by atoms with Crippen LogP contribution in [0.4, 0.5) is 10.1 Å². The Morgan fingerprint density at radius 1 is 1.38 bits per heavy atom. The molecule has 0 bridgehead atoms. The molecule has 0 radical (unpaired) electrons. The van der Waals surface area contributed by atoms with Gasteiger partial charge in [0.05, 0.1) is 22.9 Å². The lowest BCUT2D eigenvalue weighted by atomic mass is 10.1. The molecule has 1 amide bonds. The lowest BCUT2D eigenvalue weighted by Crippen LogP contribution is -2.15. The first-order valence-corrected chi connectivity index (χ1v) is 10.9. The first-order valence-electron chi connectivity index (χ1n) is 8.10. The number of aromatic nitrogens is 3. The van der Waals surface area contributed by atoms with Gasteiger partial charge < -0.3 is 9.88 Å². The fourth-order valence-electron chi connectivity index (χ4n) is 2.82. The lowest BCUT2D eigenvalue weighted by Gasteiger charge is -2.08. The number of para-hydroxylation sites is 1. The Hall–Kier alpha value is -1.94. The standard InChI is InChI=1S/C16H19FN4O3S2/c1-21-14(8-11-6-7-26(23,24)10-11)19-20-16(21)25-9-15(22)18-13-5-3-2-4-12(13)17/h2-5,11H,6-10H2,1H3,(H,18,22)/t11-/m0/s1. The molecule has 0 unspecified atom stereocenters. The Morgan fingerprint density at radius 2 is 2.15 bits per heavy atom. The van der Waals surface area contributed by atoms with Gasteiger partial charge in [0.2, 0.25) is 5.91 Å². The molecule has 140 valence electrons. The second kappa shape index (κ2) is 7.75. The van der Waals surface area contributed by atoms with Crippen molar-refractivity contribution >= 4 is 33.2 Å². The van der Waals surface area contributed by atoms with Gasteiger partial charge in [-0.05, 0) is 24.5 Å². The maximum atomic E-state index is 13.5. The number of benzene rings is 1. The lowest BCUT2D eigenvalue weighted by molar-refractivity contribution is -0.113. The van der Waals surface area contributed by atoms with Crippen LogP contribution in [0.2, 0.25) is 0 Å². The summed E-state index contributed by atoms with van der Waals surface area (Å²) in [5.41, 5.74) is 0.138. The van der Waals surface area contributed by atoms with Crippen molar-refractivity contribution in [2.24, 2.45) is 13.0 Å². The van der Waals surface area contributed by atoms with E-state index in [1.54, 1.807) is 23.7 Å². The van der Waals surface area contributed by atoms with Crippen molar-refractivity contribution in [3.63, 3.8) is 0 Å². The summed E-state index contributed by atoms with van der Waals surface area (Å²) < 4.78 is 38.4. The molecule has 1 N–H and O–H groups in total. The van der Waals surface area contributed by atoms with E-state index < -0.39 is 15.7 Å². The molecule has 1 aromatic carbocycles. The molecule has 10 heteroatoms. The Labute approximate surface area is 155 Å². The van der Waals surface area contributed by atoms with Gasteiger partial charge in [-0.15, -0.1) is 10.2 Å². The van der Waals surface area contributed by atoms with Gasteiger partial charge in [-0.25, -0.2) is 12.8 Å². The van der Waals surface area contributed by atoms with Crippen LogP contribution < -0.4 is 5.32 Å². The number of hydrogen-bond donors (Lipinski definition) is 1. The number of rotatable bonds is 6. The third-order valence-electron chi connectivity index (χ3n) is 4.20. The summed E-state index contributed by atoms with van der Waals surface area (Å²) in [6.45, 7) is 0. The van der Waals surface area contributed by atoms with Crippen LogP contribution in [-0.4, -0.2) is 46.3 Å². The highest BCUT2D eigenvalue weighted by molar-refractivity contribution is 7.99. The van der Waals surface area contributed by atoms with Crippen molar-refractivity contribution in [1.29, 1.82) is 0 Å². The fourth-order valence-corrected chi connectivity index (χ4v) is 5.41. The number of nitrogens with zero attached hydrogens (tertiary/aromatic N) is 3. The summed E-state index contributed by atoms with van der Waals surface area (Å²) in [6, 6.07) is 5.97. The highest BCUT2D eigenvalue weighted by atomic mass is 32.2. The third-order valence-corrected chi connectivity index (χ3v) is 7.06. The fraction of sp³-hybridized carbons (Fsp3) is 0.438. The van der Waals surface area contributed by atoms with E-state index in [-0.39, 0.29) is 34.8 Å². The maximum Gasteiger partial charge on any atom is 0.234 e. The monoisotopic (exact) mass is 398 g/mol. The second-order valence-corrected chi connectivity index (χ2v) is 9.42. The molecule has 26 heavy (non-hydrogen) atoms. The summed E-state index contributed by atoms with van der Waals surface area (Å²) in [4.78, 5) is 12.0. The van der Waals surface area contributed by atoms with Crippen LogP contribution in [-0.2, 0) is 28.1 Å². The average Bonchev–Trinajstić information content (AvgIpc) is 3.11. The van der Waals surface area contributed by atoms with Crippen LogP contribution in [0.5, 0.6) is 0 Å². The first kappa shape index (κ1) is 18.8. The number of amides is 1. The zero-order valence-corrected chi connectivity index (χ0v) is 15.8. The van der Waals surface area contributed by atoms with Crippen LogP contribution in [0.1, 0.15) is 12.2 Å². The predicted molar refractivity (Wildman–Crippen MR) is 97.2 cm³/mol. The predicted octanol–water partition coefficient (Wildman–Crippen LogP) is 1.66. The zero-order valence-electron chi connectivity index (χ0n) is 14.2. The number of carbonyl (C=O) groups excluding carboxylic acids is 1. The number of thioether (sulfide) groups is 1. The number of sulfone groups is 1. The largest absolute Gasteiger partial charge is 0.323 e. The Kier molecular flexibility index (Phi) is 5.61. The van der Waals surface area contributed by atoms with E-state index in [9.17, 15) is 17.6 Å². The van der Waals surface area contributed by atoms with E-state index in [1.807, 2.05) is 0 Å². The van der Waals surface area contributed by atoms with E-state index >= 15 is 0 Å². The topological polar surface area (TPSA) is 93.9 Å². The van der Waals surface area contributed by atoms with Gasteiger partial charge >= 0.3 is 0 Å². The molecule has 1 aromatic heterocycles. The van der Waals surface area contributed by atoms with Crippen molar-refractivity contribution in [3.8, 4) is 0 Å². The number of anilines is 1. The first-order chi connectivity index (χ1) is 12.3. The summed E-state index contributed by atoms with van der Waals surface area (Å²) in [6.07, 6.45) is 1.19. The van der Waals surface area contributed by atoms with E-state index in [0.717, 1.165) is 0 Å². The summed E-state index contributed by atoms with van der Waals surface area (Å²) in [5, 5.41) is 11.2. The Morgan fingerprint density at radius 3 is 2.85 bits per heavy atom. The van der Waals surface area contributed by atoms with Gasteiger partial charge in [0.1, 0.15) is 11.6 Å². The third kappa shape index (κ3) is 4.61. The molecule has 1 aliphatic heterocycles. The second-order valence-electron chi connectivity index (χ2n) is 6.25. The number of carbonyl (C=O) groups is 1. The molecule has 2 aromatic rings. The van der Waals surface area contributed by atoms with Crippen molar-refractivity contribution in [1.82, 2.24) is 14.8 Å². The molecular formula is C16H19FN4O3S2. The van der Waals surface area contributed by atoms with Gasteiger partial charge in [-0.3, -0.25) is 4.79 Å². The smallest absolute Gasteiger partial charge is 0.234 e. The van der Waals surface area contributed by atoms with Crippen molar-refractivity contribution < 1.29 is 17.6 Å². The highest BCUT2D eigenvalue weighted by Crippen LogP contribution is 2.24. The van der Waals surface area contributed by atoms with Crippen LogP contribution in [0, 0.1) is 11.7 Å². The number of halogens is 1. The SMILES string of the molecule is Cn1c(C[C@@H]2CCS(=O)(=O)C2)nnc1SCC(=O)Nc1ccccc1F. The van der Waals surface area contributed by atoms with Gasteiger partial charge in [0.15, 0.2) is 15.0 Å². The normalized spacial score (nSPS) is 18.8. The van der Waals surface area contributed by atoms with Crippen LogP contribution >= 0.6 is 11.8 Å². The van der Waals surface area contributed by atoms with Gasteiger partial charge in [-0.2, -0.15) is 0 Å². The van der Waals surface area contributed by atoms with Crippen LogP contribution in [0.3, 0.4) is 0 Å². The maximum absolute atomic E-state index is 13.5. The minimum atomic E-state index is -2.92. The number of nitrogens with one attached hydrogen (secondary N) is 1. The molecule has 1 fully saturated rings. The summed E-state index contributed by atoms with van der Waals surface area (Å²) in [7, 11) is -1.13. The molecule has 2 heterocycles. The van der Waals surface area contributed by atoms with Gasteiger partial charge in [-0.1, -0.05) is 23.9 Å². The minimum absolute atomic E-state index is 0.0603. The van der Waals surface area contributed by atoms with E-state index in [2.05, 4.69) is 15.5 Å². The van der Waals surface area contributed by atoms with E-state index in [0.29, 0.717) is 23.8 Å². The van der Waals surface area contributed by atoms with Gasteiger partial charge in [0.25, 0.3) is 0 Å². The van der Waals surface area contributed by atoms with Crippen LogP contribution in [0.15, 0.2) is 29.4 Å². The summed E-state index contributed by atoms with van der Waals surface area (Å²) >= 11 is 1.20. The van der Waals surface area contributed by atoms with Gasteiger partial charge in [0, 0.05) is 13.5 Å². The molecule has 1 saturated heterocycles. The molecule has 0 spiro atoms. The molecule has 1 atom stereocenters.